The molecule has 1 aromatic heterocycles. The minimum absolute atomic E-state index is 0.675. The van der Waals surface area contributed by atoms with E-state index in [-0.39, 0.29) is 0 Å². The van der Waals surface area contributed by atoms with Crippen molar-refractivity contribution in [2.75, 3.05) is 36.9 Å². The standard InChI is InChI=1S/C22H23ClN4OS/c1-15-18(24)6-7-19(22(15)23)29-21-8-9-25-20(26-21)14-16-2-4-17(5-3-16)27-10-12-28-13-11-27/h2-9H,10-14,24H2,1H3. The first-order chi connectivity index (χ1) is 14.1. The molecule has 0 bridgehead atoms. The Kier molecular flexibility index (Phi) is 6.23. The van der Waals surface area contributed by atoms with Crippen LogP contribution in [0.25, 0.3) is 0 Å². The molecule has 0 saturated carbocycles. The first kappa shape index (κ1) is 20.0. The lowest BCUT2D eigenvalue weighted by atomic mass is 10.1. The summed E-state index contributed by atoms with van der Waals surface area (Å²) < 4.78 is 5.42. The van der Waals surface area contributed by atoms with Gasteiger partial charge in [-0.3, -0.25) is 0 Å². The van der Waals surface area contributed by atoms with E-state index >= 15 is 0 Å². The highest BCUT2D eigenvalue weighted by atomic mass is 35.5. The predicted molar refractivity (Wildman–Crippen MR) is 119 cm³/mol. The lowest BCUT2D eigenvalue weighted by Crippen LogP contribution is -2.36. The van der Waals surface area contributed by atoms with Gasteiger partial charge < -0.3 is 15.4 Å². The number of nitrogens with zero attached hydrogens (tertiary/aromatic N) is 3. The van der Waals surface area contributed by atoms with Crippen LogP contribution in [0.2, 0.25) is 5.02 Å². The average molecular weight is 427 g/mol. The molecule has 0 unspecified atom stereocenters. The smallest absolute Gasteiger partial charge is 0.133 e. The predicted octanol–water partition coefficient (Wildman–Crippen LogP) is 4.60. The largest absolute Gasteiger partial charge is 0.398 e. The molecule has 7 heteroatoms. The maximum Gasteiger partial charge on any atom is 0.133 e. The molecule has 1 fully saturated rings. The van der Waals surface area contributed by atoms with E-state index in [1.807, 2.05) is 25.1 Å². The average Bonchev–Trinajstić information content (AvgIpc) is 2.76. The van der Waals surface area contributed by atoms with E-state index in [2.05, 4.69) is 34.1 Å². The van der Waals surface area contributed by atoms with Crippen molar-refractivity contribution in [3.8, 4) is 0 Å². The highest BCUT2D eigenvalue weighted by molar-refractivity contribution is 7.99. The maximum absolute atomic E-state index is 6.44. The number of ether oxygens (including phenoxy) is 1. The lowest BCUT2D eigenvalue weighted by Gasteiger charge is -2.28. The van der Waals surface area contributed by atoms with Gasteiger partial charge in [-0.25, -0.2) is 9.97 Å². The molecule has 4 rings (SSSR count). The Morgan fingerprint density at radius 2 is 1.86 bits per heavy atom. The van der Waals surface area contributed by atoms with E-state index in [9.17, 15) is 0 Å². The van der Waals surface area contributed by atoms with Crippen molar-refractivity contribution in [2.45, 2.75) is 23.3 Å². The van der Waals surface area contributed by atoms with Crippen LogP contribution in [0.1, 0.15) is 17.0 Å². The molecule has 5 nitrogen and oxygen atoms in total. The highest BCUT2D eigenvalue weighted by Crippen LogP contribution is 2.36. The third kappa shape index (κ3) is 4.83. The van der Waals surface area contributed by atoms with Crippen LogP contribution in [0.15, 0.2) is 58.6 Å². The summed E-state index contributed by atoms with van der Waals surface area (Å²) in [4.78, 5) is 12.4. The first-order valence-corrected chi connectivity index (χ1v) is 10.8. The minimum atomic E-state index is 0.675. The van der Waals surface area contributed by atoms with Gasteiger partial charge in [0, 0.05) is 42.0 Å². The van der Waals surface area contributed by atoms with Gasteiger partial charge in [-0.05, 0) is 48.4 Å². The van der Waals surface area contributed by atoms with E-state index in [1.54, 1.807) is 6.20 Å². The van der Waals surface area contributed by atoms with Crippen LogP contribution < -0.4 is 10.6 Å². The van der Waals surface area contributed by atoms with Gasteiger partial charge in [-0.2, -0.15) is 0 Å². The molecule has 2 N–H and O–H groups in total. The zero-order valence-corrected chi connectivity index (χ0v) is 17.8. The summed E-state index contributed by atoms with van der Waals surface area (Å²) in [6, 6.07) is 14.3. The van der Waals surface area contributed by atoms with Gasteiger partial charge in [-0.1, -0.05) is 35.5 Å². The number of hydrogen-bond donors (Lipinski definition) is 1. The monoisotopic (exact) mass is 426 g/mol. The van der Waals surface area contributed by atoms with Crippen molar-refractivity contribution >= 4 is 34.7 Å². The van der Waals surface area contributed by atoms with Crippen LogP contribution in [-0.4, -0.2) is 36.3 Å². The van der Waals surface area contributed by atoms with Crippen molar-refractivity contribution in [3.63, 3.8) is 0 Å². The number of anilines is 2. The zero-order valence-electron chi connectivity index (χ0n) is 16.3. The van der Waals surface area contributed by atoms with E-state index in [1.165, 1.54) is 23.0 Å². The minimum Gasteiger partial charge on any atom is -0.398 e. The van der Waals surface area contributed by atoms with E-state index in [0.717, 1.165) is 47.6 Å². The van der Waals surface area contributed by atoms with E-state index in [0.29, 0.717) is 17.1 Å². The fraction of sp³-hybridized carbons (Fsp3) is 0.273. The number of nitrogens with two attached hydrogens (primary N) is 1. The van der Waals surface area contributed by atoms with Gasteiger partial charge >= 0.3 is 0 Å². The molecule has 1 saturated heterocycles. The summed E-state index contributed by atoms with van der Waals surface area (Å²) >= 11 is 7.97. The Hall–Kier alpha value is -2.28. The van der Waals surface area contributed by atoms with E-state index in [4.69, 9.17) is 27.1 Å². The second kappa shape index (κ2) is 9.03. The molecule has 0 atom stereocenters. The summed E-state index contributed by atoms with van der Waals surface area (Å²) in [5, 5.41) is 1.54. The Morgan fingerprint density at radius 1 is 1.10 bits per heavy atom. The summed E-state index contributed by atoms with van der Waals surface area (Å²) in [6.07, 6.45) is 2.48. The lowest BCUT2D eigenvalue weighted by molar-refractivity contribution is 0.122. The second-order valence-corrected chi connectivity index (χ2v) is 8.39. The van der Waals surface area contributed by atoms with Crippen molar-refractivity contribution in [2.24, 2.45) is 0 Å². The molecule has 0 radical (unpaired) electrons. The Morgan fingerprint density at radius 3 is 2.62 bits per heavy atom. The van der Waals surface area contributed by atoms with Gasteiger partial charge in [0.2, 0.25) is 0 Å². The molecule has 150 valence electrons. The quantitative estimate of drug-likeness (QED) is 0.475. The van der Waals surface area contributed by atoms with Crippen molar-refractivity contribution < 1.29 is 4.74 Å². The summed E-state index contributed by atoms with van der Waals surface area (Å²) in [6.45, 7) is 5.38. The highest BCUT2D eigenvalue weighted by Gasteiger charge is 2.12. The molecule has 1 aliphatic rings. The third-order valence-corrected chi connectivity index (χ3v) is 6.56. The van der Waals surface area contributed by atoms with Crippen LogP contribution in [0.3, 0.4) is 0 Å². The molecule has 2 heterocycles. The van der Waals surface area contributed by atoms with Crippen LogP contribution in [-0.2, 0) is 11.2 Å². The van der Waals surface area contributed by atoms with Gasteiger partial charge in [0.15, 0.2) is 0 Å². The number of rotatable bonds is 5. The number of aromatic nitrogens is 2. The second-order valence-electron chi connectivity index (χ2n) is 6.95. The van der Waals surface area contributed by atoms with Crippen molar-refractivity contribution in [3.05, 3.63) is 70.6 Å². The fourth-order valence-electron chi connectivity index (χ4n) is 3.22. The van der Waals surface area contributed by atoms with Crippen LogP contribution >= 0.6 is 23.4 Å². The molecule has 3 aromatic rings. The first-order valence-electron chi connectivity index (χ1n) is 9.56. The van der Waals surface area contributed by atoms with Gasteiger partial charge in [0.05, 0.1) is 18.2 Å². The molecule has 2 aromatic carbocycles. The van der Waals surface area contributed by atoms with Crippen molar-refractivity contribution in [1.82, 2.24) is 9.97 Å². The van der Waals surface area contributed by atoms with Gasteiger partial charge in [0.1, 0.15) is 10.9 Å². The number of halogens is 1. The third-order valence-electron chi connectivity index (χ3n) is 4.96. The normalized spacial score (nSPS) is 14.2. The van der Waals surface area contributed by atoms with Gasteiger partial charge in [-0.15, -0.1) is 0 Å². The summed E-state index contributed by atoms with van der Waals surface area (Å²) in [5.41, 5.74) is 9.93. The summed E-state index contributed by atoms with van der Waals surface area (Å²) in [7, 11) is 0. The zero-order chi connectivity index (χ0) is 20.2. The number of morpholine rings is 1. The SMILES string of the molecule is Cc1c(N)ccc(Sc2ccnc(Cc3ccc(N4CCOCC4)cc3)n2)c1Cl. The van der Waals surface area contributed by atoms with E-state index < -0.39 is 0 Å². The van der Waals surface area contributed by atoms with Gasteiger partial charge in [0.25, 0.3) is 0 Å². The molecule has 0 aliphatic carbocycles. The molecule has 29 heavy (non-hydrogen) atoms. The van der Waals surface area contributed by atoms with Crippen LogP contribution in [0.5, 0.6) is 0 Å². The number of nitrogen functional groups attached to an aromatic ring is 1. The molecular weight excluding hydrogens is 404 g/mol. The Labute approximate surface area is 180 Å². The summed E-state index contributed by atoms with van der Waals surface area (Å²) in [5.74, 6) is 0.789. The molecule has 0 amide bonds. The van der Waals surface area contributed by atoms with Crippen LogP contribution in [0.4, 0.5) is 11.4 Å². The van der Waals surface area contributed by atoms with Crippen molar-refractivity contribution in [1.29, 1.82) is 0 Å². The Balaban J connectivity index is 1.46. The topological polar surface area (TPSA) is 64.3 Å². The fourth-order valence-corrected chi connectivity index (χ4v) is 4.39. The Bertz CT molecular complexity index is 991. The molecular formula is C22H23ClN4OS. The molecule has 0 spiro atoms. The van der Waals surface area contributed by atoms with Crippen LogP contribution in [0, 0.1) is 6.92 Å². The number of hydrogen-bond acceptors (Lipinski definition) is 6. The number of benzene rings is 2. The molecule has 1 aliphatic heterocycles. The maximum atomic E-state index is 6.44.